The summed E-state index contributed by atoms with van der Waals surface area (Å²) < 4.78 is 19.5. The van der Waals surface area contributed by atoms with Crippen molar-refractivity contribution >= 4 is 6.47 Å². The Bertz CT molecular complexity index is 121. The van der Waals surface area contributed by atoms with E-state index < -0.39 is 0 Å². The van der Waals surface area contributed by atoms with Gasteiger partial charge in [0, 0.05) is 0 Å². The van der Waals surface area contributed by atoms with E-state index >= 15 is 0 Å². The molecular weight excluding hydrogens is 188 g/mol. The standard InChI is InChI=1S/C9H16O5/c1-2-11-3-4-12-5-6-13-7-8-14-9-10/h2,9H,1,3-8H2. The van der Waals surface area contributed by atoms with E-state index in [1.165, 1.54) is 6.26 Å². The summed E-state index contributed by atoms with van der Waals surface area (Å²) in [4.78, 5) is 9.72. The summed E-state index contributed by atoms with van der Waals surface area (Å²) in [6, 6.07) is 0. The fourth-order valence-electron chi connectivity index (χ4n) is 0.667. The lowest BCUT2D eigenvalue weighted by atomic mass is 10.7. The number of hydrogen-bond acceptors (Lipinski definition) is 5. The minimum atomic E-state index is 0.281. The maximum atomic E-state index is 9.72. The van der Waals surface area contributed by atoms with E-state index in [4.69, 9.17) is 14.2 Å². The summed E-state index contributed by atoms with van der Waals surface area (Å²) in [5, 5.41) is 0. The maximum Gasteiger partial charge on any atom is 0.293 e. The minimum Gasteiger partial charge on any atom is -0.499 e. The van der Waals surface area contributed by atoms with Gasteiger partial charge in [0.15, 0.2) is 0 Å². The Kier molecular flexibility index (Phi) is 11.0. The second-order valence-corrected chi connectivity index (χ2v) is 2.23. The molecule has 0 aliphatic heterocycles. The first-order valence-corrected chi connectivity index (χ1v) is 4.35. The van der Waals surface area contributed by atoms with Crippen LogP contribution in [0.2, 0.25) is 0 Å². The smallest absolute Gasteiger partial charge is 0.293 e. The lowest BCUT2D eigenvalue weighted by Gasteiger charge is -2.04. The molecule has 0 spiro atoms. The molecule has 0 aromatic rings. The minimum absolute atomic E-state index is 0.281. The van der Waals surface area contributed by atoms with Gasteiger partial charge in [-0.2, -0.15) is 0 Å². The molecule has 0 unspecified atom stereocenters. The van der Waals surface area contributed by atoms with Gasteiger partial charge in [-0.3, -0.25) is 4.79 Å². The first-order valence-electron chi connectivity index (χ1n) is 4.35. The first kappa shape index (κ1) is 12.9. The molecule has 0 aliphatic rings. The third kappa shape index (κ3) is 10.9. The normalized spacial score (nSPS) is 9.43. The van der Waals surface area contributed by atoms with E-state index in [1.54, 1.807) is 0 Å². The highest BCUT2D eigenvalue weighted by Gasteiger charge is 1.90. The van der Waals surface area contributed by atoms with Crippen molar-refractivity contribution in [2.45, 2.75) is 0 Å². The van der Waals surface area contributed by atoms with Crippen molar-refractivity contribution in [1.29, 1.82) is 0 Å². The monoisotopic (exact) mass is 204 g/mol. The van der Waals surface area contributed by atoms with Crippen LogP contribution in [0.25, 0.3) is 0 Å². The summed E-state index contributed by atoms with van der Waals surface area (Å²) in [5.41, 5.74) is 0. The van der Waals surface area contributed by atoms with E-state index in [-0.39, 0.29) is 6.61 Å². The Labute approximate surface area is 83.6 Å². The van der Waals surface area contributed by atoms with Crippen LogP contribution in [0.4, 0.5) is 0 Å². The van der Waals surface area contributed by atoms with Crippen molar-refractivity contribution in [1.82, 2.24) is 0 Å². The average molecular weight is 204 g/mol. The molecule has 5 heteroatoms. The molecule has 0 aliphatic carbocycles. The van der Waals surface area contributed by atoms with Gasteiger partial charge in [0.25, 0.3) is 6.47 Å². The molecule has 0 N–H and O–H groups in total. The van der Waals surface area contributed by atoms with Crippen LogP contribution >= 0.6 is 0 Å². The molecule has 0 rings (SSSR count). The summed E-state index contributed by atoms with van der Waals surface area (Å²) >= 11 is 0. The summed E-state index contributed by atoms with van der Waals surface area (Å²) in [7, 11) is 0. The molecule has 0 aromatic carbocycles. The molecule has 0 saturated carbocycles. The highest BCUT2D eigenvalue weighted by molar-refractivity contribution is 5.36. The van der Waals surface area contributed by atoms with Gasteiger partial charge in [-0.05, 0) is 0 Å². The summed E-state index contributed by atoms with van der Waals surface area (Å²) in [5.74, 6) is 0. The predicted octanol–water partition coefficient (Wildman–Crippen LogP) is 0.353. The highest BCUT2D eigenvalue weighted by atomic mass is 16.6. The van der Waals surface area contributed by atoms with E-state index in [1.807, 2.05) is 0 Å². The molecule has 0 fully saturated rings. The third-order valence-corrected chi connectivity index (χ3v) is 1.25. The molecule has 0 heterocycles. The van der Waals surface area contributed by atoms with E-state index in [0.717, 1.165) is 0 Å². The molecule has 82 valence electrons. The Balaban J connectivity index is 2.84. The number of hydrogen-bond donors (Lipinski definition) is 0. The zero-order valence-electron chi connectivity index (χ0n) is 8.15. The zero-order chi connectivity index (χ0) is 10.5. The number of carbonyl (C=O) groups is 1. The SMILES string of the molecule is C=COCCOCCOCCOC=O. The van der Waals surface area contributed by atoms with Crippen molar-refractivity contribution in [2.24, 2.45) is 0 Å². The Morgan fingerprint density at radius 2 is 1.36 bits per heavy atom. The molecular formula is C9H16O5. The van der Waals surface area contributed by atoms with Crippen LogP contribution in [-0.4, -0.2) is 46.1 Å². The van der Waals surface area contributed by atoms with Gasteiger partial charge in [0.1, 0.15) is 13.2 Å². The van der Waals surface area contributed by atoms with Gasteiger partial charge in [-0.25, -0.2) is 0 Å². The van der Waals surface area contributed by atoms with Gasteiger partial charge in [0.05, 0.1) is 32.7 Å². The number of ether oxygens (including phenoxy) is 4. The van der Waals surface area contributed by atoms with Crippen LogP contribution in [0.3, 0.4) is 0 Å². The fourth-order valence-corrected chi connectivity index (χ4v) is 0.667. The van der Waals surface area contributed by atoms with E-state index in [2.05, 4.69) is 11.3 Å². The van der Waals surface area contributed by atoms with Crippen molar-refractivity contribution < 1.29 is 23.7 Å². The zero-order valence-corrected chi connectivity index (χ0v) is 8.15. The molecule has 14 heavy (non-hydrogen) atoms. The lowest BCUT2D eigenvalue weighted by molar-refractivity contribution is -0.130. The van der Waals surface area contributed by atoms with Crippen molar-refractivity contribution in [2.75, 3.05) is 39.6 Å². The van der Waals surface area contributed by atoms with Gasteiger partial charge in [-0.1, -0.05) is 6.58 Å². The van der Waals surface area contributed by atoms with Crippen molar-refractivity contribution in [3.63, 3.8) is 0 Å². The van der Waals surface area contributed by atoms with Crippen molar-refractivity contribution in [3.05, 3.63) is 12.8 Å². The van der Waals surface area contributed by atoms with Gasteiger partial charge in [-0.15, -0.1) is 0 Å². The van der Waals surface area contributed by atoms with Gasteiger partial charge < -0.3 is 18.9 Å². The Morgan fingerprint density at radius 3 is 1.86 bits per heavy atom. The molecule has 5 nitrogen and oxygen atoms in total. The molecule has 0 aromatic heterocycles. The fraction of sp³-hybridized carbons (Fsp3) is 0.667. The van der Waals surface area contributed by atoms with Crippen LogP contribution in [-0.2, 0) is 23.7 Å². The average Bonchev–Trinajstić information content (AvgIpc) is 2.21. The summed E-state index contributed by atoms with van der Waals surface area (Å²) in [6.45, 7) is 6.46. The Morgan fingerprint density at radius 1 is 0.857 bits per heavy atom. The van der Waals surface area contributed by atoms with Crippen LogP contribution < -0.4 is 0 Å². The van der Waals surface area contributed by atoms with Crippen LogP contribution in [0, 0.1) is 0 Å². The van der Waals surface area contributed by atoms with Crippen LogP contribution in [0.15, 0.2) is 12.8 Å². The van der Waals surface area contributed by atoms with Gasteiger partial charge >= 0.3 is 0 Å². The Hall–Kier alpha value is -1.07. The molecule has 0 saturated heterocycles. The maximum absolute atomic E-state index is 9.72. The molecule has 0 bridgehead atoms. The quantitative estimate of drug-likeness (QED) is 0.276. The van der Waals surface area contributed by atoms with E-state index in [9.17, 15) is 4.79 Å². The lowest BCUT2D eigenvalue weighted by Crippen LogP contribution is -2.10. The predicted molar refractivity (Wildman–Crippen MR) is 49.8 cm³/mol. The second-order valence-electron chi connectivity index (χ2n) is 2.23. The number of carbonyl (C=O) groups excluding carboxylic acids is 1. The largest absolute Gasteiger partial charge is 0.499 e. The van der Waals surface area contributed by atoms with Gasteiger partial charge in [0.2, 0.25) is 0 Å². The second kappa shape index (κ2) is 11.9. The third-order valence-electron chi connectivity index (χ3n) is 1.25. The van der Waals surface area contributed by atoms with Crippen LogP contribution in [0.1, 0.15) is 0 Å². The summed E-state index contributed by atoms with van der Waals surface area (Å²) in [6.07, 6.45) is 1.37. The van der Waals surface area contributed by atoms with E-state index in [0.29, 0.717) is 39.5 Å². The number of rotatable bonds is 11. The highest BCUT2D eigenvalue weighted by Crippen LogP contribution is 1.81. The van der Waals surface area contributed by atoms with Crippen LogP contribution in [0.5, 0.6) is 0 Å². The van der Waals surface area contributed by atoms with Crippen molar-refractivity contribution in [3.8, 4) is 0 Å². The molecule has 0 amide bonds. The topological polar surface area (TPSA) is 54.0 Å². The molecule has 0 radical (unpaired) electrons. The first-order chi connectivity index (χ1) is 6.91. The molecule has 0 atom stereocenters.